The molecule has 0 spiro atoms. The van der Waals surface area contributed by atoms with Gasteiger partial charge in [0.25, 0.3) is 11.7 Å². The van der Waals surface area contributed by atoms with Crippen molar-refractivity contribution in [3.8, 4) is 17.2 Å². The number of H-pyrrole nitrogens is 1. The number of aromatic nitrogens is 1. The molecule has 1 aliphatic heterocycles. The lowest BCUT2D eigenvalue weighted by Gasteiger charge is -2.27. The average Bonchev–Trinajstić information content (AvgIpc) is 3.49. The molecular weight excluding hydrogens is 496 g/mol. The van der Waals surface area contributed by atoms with E-state index in [0.717, 1.165) is 16.5 Å². The van der Waals surface area contributed by atoms with E-state index in [1.807, 2.05) is 37.4 Å². The van der Waals surface area contributed by atoms with Crippen LogP contribution in [0.25, 0.3) is 16.7 Å². The first-order valence-electron chi connectivity index (χ1n) is 12.7. The SMILES string of the molecule is CCOc1ccc(/C(O)=C2\C(=O)C(=O)N(CCc3c[nH]c4ccccc34)C2c2cc(OC)ccc2OC)cc1. The molecule has 4 aromatic rings. The number of carbonyl (C=O) groups is 2. The van der Waals surface area contributed by atoms with Gasteiger partial charge in [0.1, 0.15) is 23.0 Å². The van der Waals surface area contributed by atoms with Crippen LogP contribution in [0.15, 0.2) is 78.5 Å². The number of nitrogens with zero attached hydrogens (tertiary/aromatic N) is 1. The molecule has 200 valence electrons. The largest absolute Gasteiger partial charge is 0.507 e. The number of aliphatic hydroxyl groups excluding tert-OH is 1. The summed E-state index contributed by atoms with van der Waals surface area (Å²) in [5, 5.41) is 12.5. The summed E-state index contributed by atoms with van der Waals surface area (Å²) < 4.78 is 16.6. The Bertz CT molecular complexity index is 1550. The molecule has 2 N–H and O–H groups in total. The second kappa shape index (κ2) is 10.9. The normalized spacial score (nSPS) is 16.6. The molecule has 8 heteroatoms. The zero-order chi connectivity index (χ0) is 27.5. The predicted octanol–water partition coefficient (Wildman–Crippen LogP) is 5.25. The summed E-state index contributed by atoms with van der Waals surface area (Å²) in [6.45, 7) is 2.63. The Morgan fingerprint density at radius 2 is 1.72 bits per heavy atom. The van der Waals surface area contributed by atoms with E-state index < -0.39 is 17.7 Å². The summed E-state index contributed by atoms with van der Waals surface area (Å²) in [7, 11) is 3.06. The van der Waals surface area contributed by atoms with Crippen molar-refractivity contribution in [2.75, 3.05) is 27.4 Å². The van der Waals surface area contributed by atoms with Gasteiger partial charge in [-0.3, -0.25) is 9.59 Å². The van der Waals surface area contributed by atoms with Gasteiger partial charge >= 0.3 is 0 Å². The molecule has 1 aromatic heterocycles. The molecule has 1 unspecified atom stereocenters. The number of amides is 1. The number of likely N-dealkylation sites (tertiary alicyclic amines) is 1. The Labute approximate surface area is 226 Å². The minimum absolute atomic E-state index is 0.00496. The highest BCUT2D eigenvalue weighted by Gasteiger charge is 2.47. The second-order valence-electron chi connectivity index (χ2n) is 9.17. The lowest BCUT2D eigenvalue weighted by Crippen LogP contribution is -2.31. The van der Waals surface area contributed by atoms with Gasteiger partial charge < -0.3 is 29.2 Å². The fourth-order valence-corrected chi connectivity index (χ4v) is 5.10. The number of fused-ring (bicyclic) bond motifs is 1. The molecule has 1 atom stereocenters. The summed E-state index contributed by atoms with van der Waals surface area (Å²) >= 11 is 0. The monoisotopic (exact) mass is 526 g/mol. The Balaban J connectivity index is 1.60. The second-order valence-corrected chi connectivity index (χ2v) is 9.17. The number of aliphatic hydroxyl groups is 1. The van der Waals surface area contributed by atoms with Gasteiger partial charge in [0.2, 0.25) is 0 Å². The first kappa shape index (κ1) is 25.9. The topological polar surface area (TPSA) is 101 Å². The molecule has 2 heterocycles. The molecule has 0 aliphatic carbocycles. The molecule has 1 fully saturated rings. The van der Waals surface area contributed by atoms with Gasteiger partial charge in [-0.1, -0.05) is 18.2 Å². The van der Waals surface area contributed by atoms with Crippen LogP contribution >= 0.6 is 0 Å². The van der Waals surface area contributed by atoms with Crippen LogP contribution < -0.4 is 14.2 Å². The van der Waals surface area contributed by atoms with Gasteiger partial charge in [0, 0.05) is 34.8 Å². The molecule has 3 aromatic carbocycles. The molecule has 0 bridgehead atoms. The third-order valence-electron chi connectivity index (χ3n) is 7.01. The van der Waals surface area contributed by atoms with Gasteiger partial charge in [-0.2, -0.15) is 0 Å². The average molecular weight is 527 g/mol. The van der Waals surface area contributed by atoms with Crippen molar-refractivity contribution in [2.45, 2.75) is 19.4 Å². The number of nitrogens with one attached hydrogen (secondary N) is 1. The van der Waals surface area contributed by atoms with Crippen molar-refractivity contribution in [1.29, 1.82) is 0 Å². The van der Waals surface area contributed by atoms with E-state index in [1.54, 1.807) is 49.6 Å². The maximum Gasteiger partial charge on any atom is 0.295 e. The van der Waals surface area contributed by atoms with Crippen molar-refractivity contribution >= 4 is 28.4 Å². The standard InChI is InChI=1S/C31H30N2O6/c1-4-39-21-11-9-19(10-12-21)29(34)27-28(24-17-22(37-2)13-14-26(24)38-3)33(31(36)30(27)35)16-15-20-18-32-25-8-6-5-7-23(20)25/h5-14,17-18,28,32,34H,4,15-16H2,1-3H3/b29-27+. The van der Waals surface area contributed by atoms with Crippen LogP contribution in [0, 0.1) is 0 Å². The molecule has 8 nitrogen and oxygen atoms in total. The van der Waals surface area contributed by atoms with E-state index in [2.05, 4.69) is 4.98 Å². The van der Waals surface area contributed by atoms with Crippen LogP contribution in [-0.2, 0) is 16.0 Å². The van der Waals surface area contributed by atoms with Crippen LogP contribution in [0.4, 0.5) is 0 Å². The van der Waals surface area contributed by atoms with Gasteiger partial charge in [-0.25, -0.2) is 0 Å². The molecule has 1 aliphatic rings. The maximum absolute atomic E-state index is 13.5. The smallest absolute Gasteiger partial charge is 0.295 e. The fourth-order valence-electron chi connectivity index (χ4n) is 5.10. The van der Waals surface area contributed by atoms with E-state index in [0.29, 0.717) is 41.4 Å². The number of rotatable bonds is 9. The molecule has 0 saturated carbocycles. The number of Topliss-reactive ketones (excluding diaryl/α,β-unsaturated/α-hetero) is 1. The molecule has 1 saturated heterocycles. The predicted molar refractivity (Wildman–Crippen MR) is 148 cm³/mol. The third-order valence-corrected chi connectivity index (χ3v) is 7.01. The number of para-hydroxylation sites is 1. The number of ketones is 1. The zero-order valence-corrected chi connectivity index (χ0v) is 22.1. The molecule has 0 radical (unpaired) electrons. The highest BCUT2D eigenvalue weighted by molar-refractivity contribution is 6.46. The summed E-state index contributed by atoms with van der Waals surface area (Å²) in [5.74, 6) is -0.0565. The number of methoxy groups -OCH3 is 2. The van der Waals surface area contributed by atoms with Crippen LogP contribution in [0.5, 0.6) is 17.2 Å². The number of benzene rings is 3. The summed E-state index contributed by atoms with van der Waals surface area (Å²) in [6.07, 6.45) is 2.42. The molecular formula is C31H30N2O6. The van der Waals surface area contributed by atoms with E-state index >= 15 is 0 Å². The van der Waals surface area contributed by atoms with E-state index in [9.17, 15) is 14.7 Å². The number of hydrogen-bond acceptors (Lipinski definition) is 6. The zero-order valence-electron chi connectivity index (χ0n) is 22.1. The number of carbonyl (C=O) groups excluding carboxylic acids is 2. The van der Waals surface area contributed by atoms with Crippen molar-refractivity contribution in [3.05, 3.63) is 95.2 Å². The van der Waals surface area contributed by atoms with Crippen LogP contribution in [-0.4, -0.2) is 54.1 Å². The highest BCUT2D eigenvalue weighted by atomic mass is 16.5. The Morgan fingerprint density at radius 3 is 2.44 bits per heavy atom. The fraction of sp³-hybridized carbons (Fsp3) is 0.226. The minimum Gasteiger partial charge on any atom is -0.507 e. The Morgan fingerprint density at radius 1 is 0.974 bits per heavy atom. The molecule has 5 rings (SSSR count). The van der Waals surface area contributed by atoms with Gasteiger partial charge in [0.05, 0.1) is 32.4 Å². The third kappa shape index (κ3) is 4.81. The van der Waals surface area contributed by atoms with E-state index in [-0.39, 0.29) is 17.9 Å². The van der Waals surface area contributed by atoms with Crippen LogP contribution in [0.3, 0.4) is 0 Å². The maximum atomic E-state index is 13.5. The van der Waals surface area contributed by atoms with Crippen LogP contribution in [0.1, 0.15) is 29.7 Å². The lowest BCUT2D eigenvalue weighted by atomic mass is 9.94. The quantitative estimate of drug-likeness (QED) is 0.176. The van der Waals surface area contributed by atoms with Gasteiger partial charge in [0.15, 0.2) is 0 Å². The summed E-state index contributed by atoms with van der Waals surface area (Å²) in [5.41, 5.74) is 2.96. The Hall–Kier alpha value is -4.72. The van der Waals surface area contributed by atoms with Crippen molar-refractivity contribution in [3.63, 3.8) is 0 Å². The van der Waals surface area contributed by atoms with Gasteiger partial charge in [-0.05, 0) is 67.4 Å². The number of hydrogen-bond donors (Lipinski definition) is 2. The number of ether oxygens (including phenoxy) is 3. The van der Waals surface area contributed by atoms with E-state index in [4.69, 9.17) is 14.2 Å². The highest BCUT2D eigenvalue weighted by Crippen LogP contribution is 2.44. The van der Waals surface area contributed by atoms with Crippen LogP contribution in [0.2, 0.25) is 0 Å². The van der Waals surface area contributed by atoms with Crippen molar-refractivity contribution in [1.82, 2.24) is 9.88 Å². The first-order chi connectivity index (χ1) is 19.0. The minimum atomic E-state index is -0.883. The van der Waals surface area contributed by atoms with Crippen molar-refractivity contribution in [2.24, 2.45) is 0 Å². The summed E-state index contributed by atoms with van der Waals surface area (Å²) in [4.78, 5) is 31.7. The molecule has 1 amide bonds. The van der Waals surface area contributed by atoms with Gasteiger partial charge in [-0.15, -0.1) is 0 Å². The van der Waals surface area contributed by atoms with Crippen molar-refractivity contribution < 1.29 is 28.9 Å². The first-order valence-corrected chi connectivity index (χ1v) is 12.7. The molecule has 39 heavy (non-hydrogen) atoms. The number of aromatic amines is 1. The van der Waals surface area contributed by atoms with E-state index in [1.165, 1.54) is 12.0 Å². The lowest BCUT2D eigenvalue weighted by molar-refractivity contribution is -0.139. The summed E-state index contributed by atoms with van der Waals surface area (Å²) in [6, 6.07) is 19.0. The Kier molecular flexibility index (Phi) is 7.27.